The fourth-order valence-electron chi connectivity index (χ4n) is 5.33. The second-order valence-electron chi connectivity index (χ2n) is 7.19. The van der Waals surface area contributed by atoms with Gasteiger partial charge in [-0.15, -0.1) is 0 Å². The maximum atomic E-state index is 11.7. The molecule has 3 nitrogen and oxygen atoms in total. The van der Waals surface area contributed by atoms with Gasteiger partial charge >= 0.3 is 0 Å². The Labute approximate surface area is 126 Å². The number of hydrogen-bond donors (Lipinski definition) is 1. The van der Waals surface area contributed by atoms with Gasteiger partial charge in [0.2, 0.25) is 0 Å². The summed E-state index contributed by atoms with van der Waals surface area (Å²) in [6, 6.07) is 6.76. The monoisotopic (exact) mass is 287 g/mol. The van der Waals surface area contributed by atoms with Crippen LogP contribution < -0.4 is 4.74 Å². The van der Waals surface area contributed by atoms with Gasteiger partial charge in [0.15, 0.2) is 0 Å². The Balaban J connectivity index is 1.94. The quantitative estimate of drug-likeness (QED) is 0.861. The number of benzene rings is 1. The summed E-state index contributed by atoms with van der Waals surface area (Å²) in [5.74, 6) is 0.924. The molecule has 1 aromatic rings. The van der Waals surface area contributed by atoms with E-state index in [1.807, 2.05) is 0 Å². The van der Waals surface area contributed by atoms with Gasteiger partial charge in [-0.2, -0.15) is 0 Å². The standard InChI is InChI=1S/C18H25NO2/c1-19-10-9-17-7-3-4-8-18(17,20)16(19)11-13-5-6-14(21-2)12-15(13)17/h5-6,12,16,20H,3-4,7-11H2,1-2H3/t16-,17+,18+/m0/s1. The van der Waals surface area contributed by atoms with Gasteiger partial charge in [0, 0.05) is 11.5 Å². The average Bonchev–Trinajstić information content (AvgIpc) is 2.50. The maximum Gasteiger partial charge on any atom is 0.119 e. The van der Waals surface area contributed by atoms with E-state index >= 15 is 0 Å². The number of ether oxygens (including phenoxy) is 1. The second-order valence-corrected chi connectivity index (χ2v) is 7.19. The molecule has 0 spiro atoms. The van der Waals surface area contributed by atoms with Crippen molar-refractivity contribution in [3.05, 3.63) is 29.3 Å². The van der Waals surface area contributed by atoms with Crippen LogP contribution >= 0.6 is 0 Å². The summed E-state index contributed by atoms with van der Waals surface area (Å²) in [5.41, 5.74) is 2.18. The first-order valence-corrected chi connectivity index (χ1v) is 8.21. The highest BCUT2D eigenvalue weighted by Gasteiger charge is 2.62. The van der Waals surface area contributed by atoms with Crippen molar-refractivity contribution in [1.29, 1.82) is 0 Å². The fourth-order valence-corrected chi connectivity index (χ4v) is 5.33. The van der Waals surface area contributed by atoms with Crippen LogP contribution in [0.25, 0.3) is 0 Å². The molecule has 0 radical (unpaired) electrons. The summed E-state index contributed by atoms with van der Waals surface area (Å²) in [5, 5.41) is 11.7. The molecule has 21 heavy (non-hydrogen) atoms. The molecule has 4 rings (SSSR count). The van der Waals surface area contributed by atoms with E-state index < -0.39 is 5.60 Å². The number of nitrogens with zero attached hydrogens (tertiary/aromatic N) is 1. The lowest BCUT2D eigenvalue weighted by Gasteiger charge is -2.63. The predicted octanol–water partition coefficient (Wildman–Crippen LogP) is 2.50. The minimum Gasteiger partial charge on any atom is -0.497 e. The molecular weight excluding hydrogens is 262 g/mol. The Morgan fingerprint density at radius 2 is 2.05 bits per heavy atom. The molecule has 1 aliphatic heterocycles. The summed E-state index contributed by atoms with van der Waals surface area (Å²) in [6.07, 6.45) is 6.48. The van der Waals surface area contributed by atoms with E-state index in [1.54, 1.807) is 7.11 Å². The highest BCUT2D eigenvalue weighted by molar-refractivity contribution is 5.48. The Morgan fingerprint density at radius 1 is 1.24 bits per heavy atom. The van der Waals surface area contributed by atoms with Crippen molar-refractivity contribution in [2.75, 3.05) is 20.7 Å². The van der Waals surface area contributed by atoms with E-state index in [2.05, 4.69) is 30.1 Å². The molecule has 0 unspecified atom stereocenters. The van der Waals surface area contributed by atoms with E-state index in [-0.39, 0.29) is 11.5 Å². The zero-order chi connectivity index (χ0) is 14.7. The van der Waals surface area contributed by atoms with Gasteiger partial charge in [-0.3, -0.25) is 0 Å². The van der Waals surface area contributed by atoms with Gasteiger partial charge in [0.25, 0.3) is 0 Å². The molecule has 2 bridgehead atoms. The molecule has 0 amide bonds. The zero-order valence-corrected chi connectivity index (χ0v) is 13.1. The first-order valence-electron chi connectivity index (χ1n) is 8.21. The van der Waals surface area contributed by atoms with Crippen LogP contribution in [0.15, 0.2) is 18.2 Å². The van der Waals surface area contributed by atoms with Crippen LogP contribution in [0.1, 0.15) is 43.2 Å². The van der Waals surface area contributed by atoms with Crippen molar-refractivity contribution in [3.63, 3.8) is 0 Å². The van der Waals surface area contributed by atoms with Crippen LogP contribution in [0.5, 0.6) is 5.75 Å². The molecule has 1 saturated heterocycles. The summed E-state index contributed by atoms with van der Waals surface area (Å²) in [4.78, 5) is 2.39. The zero-order valence-electron chi connectivity index (χ0n) is 13.1. The van der Waals surface area contributed by atoms with Gasteiger partial charge in [0.1, 0.15) is 5.75 Å². The number of methoxy groups -OCH3 is 1. The van der Waals surface area contributed by atoms with Crippen LogP contribution in [0.2, 0.25) is 0 Å². The van der Waals surface area contributed by atoms with Gasteiger partial charge in [0.05, 0.1) is 12.7 Å². The summed E-state index contributed by atoms with van der Waals surface area (Å²) >= 11 is 0. The largest absolute Gasteiger partial charge is 0.497 e. The number of fused-ring (bicyclic) bond motifs is 1. The molecule has 3 aliphatic rings. The Hall–Kier alpha value is -1.06. The first kappa shape index (κ1) is 13.6. The molecule has 3 atom stereocenters. The molecule has 0 aromatic heterocycles. The number of hydrogen-bond acceptors (Lipinski definition) is 3. The number of likely N-dealkylation sites (tertiary alicyclic amines) is 1. The minimum atomic E-state index is -0.558. The fraction of sp³-hybridized carbons (Fsp3) is 0.667. The molecule has 3 heteroatoms. The number of piperidine rings is 1. The van der Waals surface area contributed by atoms with Crippen molar-refractivity contribution in [3.8, 4) is 5.75 Å². The van der Waals surface area contributed by atoms with Crippen LogP contribution in [-0.4, -0.2) is 42.4 Å². The third kappa shape index (κ3) is 1.62. The normalized spacial score (nSPS) is 38.5. The Morgan fingerprint density at radius 3 is 2.86 bits per heavy atom. The topological polar surface area (TPSA) is 32.7 Å². The Kier molecular flexibility index (Phi) is 2.89. The molecule has 2 fully saturated rings. The van der Waals surface area contributed by atoms with E-state index in [0.717, 1.165) is 44.4 Å². The van der Waals surface area contributed by atoms with Gasteiger partial charge in [-0.05, 0) is 62.5 Å². The van der Waals surface area contributed by atoms with Crippen molar-refractivity contribution in [2.45, 2.75) is 55.6 Å². The van der Waals surface area contributed by atoms with E-state index in [1.165, 1.54) is 17.5 Å². The van der Waals surface area contributed by atoms with Crippen LogP contribution in [0.3, 0.4) is 0 Å². The third-order valence-corrected chi connectivity index (χ3v) is 6.46. The van der Waals surface area contributed by atoms with Crippen LogP contribution in [0, 0.1) is 0 Å². The lowest BCUT2D eigenvalue weighted by atomic mass is 9.49. The van der Waals surface area contributed by atoms with Crippen molar-refractivity contribution in [2.24, 2.45) is 0 Å². The number of rotatable bonds is 1. The SMILES string of the molecule is COc1ccc2c(c1)[C@]13CCCC[C@@]1(O)[C@H](C2)N(C)CC3. The maximum absolute atomic E-state index is 11.7. The van der Waals surface area contributed by atoms with Gasteiger partial charge < -0.3 is 14.7 Å². The van der Waals surface area contributed by atoms with Gasteiger partial charge in [-0.1, -0.05) is 18.9 Å². The minimum absolute atomic E-state index is 0.0510. The second kappa shape index (κ2) is 4.47. The molecular formula is C18H25NO2. The van der Waals surface area contributed by atoms with Crippen molar-refractivity contribution < 1.29 is 9.84 Å². The number of aliphatic hydroxyl groups is 1. The number of likely N-dealkylation sites (N-methyl/N-ethyl adjacent to an activating group) is 1. The Bertz CT molecular complexity index is 572. The molecule has 2 aliphatic carbocycles. The molecule has 1 aromatic carbocycles. The highest BCUT2D eigenvalue weighted by atomic mass is 16.5. The molecule has 1 saturated carbocycles. The first-order chi connectivity index (χ1) is 10.1. The van der Waals surface area contributed by atoms with E-state index in [0.29, 0.717) is 0 Å². The van der Waals surface area contributed by atoms with Crippen LogP contribution in [-0.2, 0) is 11.8 Å². The van der Waals surface area contributed by atoms with E-state index in [9.17, 15) is 5.11 Å². The molecule has 114 valence electrons. The van der Waals surface area contributed by atoms with E-state index in [4.69, 9.17) is 4.74 Å². The molecule has 1 N–H and O–H groups in total. The lowest BCUT2D eigenvalue weighted by Crippen LogP contribution is -2.71. The highest BCUT2D eigenvalue weighted by Crippen LogP contribution is 2.58. The summed E-state index contributed by atoms with van der Waals surface area (Å²) in [6.45, 7) is 1.09. The third-order valence-electron chi connectivity index (χ3n) is 6.46. The molecule has 1 heterocycles. The smallest absolute Gasteiger partial charge is 0.119 e. The summed E-state index contributed by atoms with van der Waals surface area (Å²) in [7, 11) is 3.91. The average molecular weight is 287 g/mol. The summed E-state index contributed by atoms with van der Waals surface area (Å²) < 4.78 is 5.46. The predicted molar refractivity (Wildman–Crippen MR) is 82.8 cm³/mol. The van der Waals surface area contributed by atoms with Crippen LogP contribution in [0.4, 0.5) is 0 Å². The van der Waals surface area contributed by atoms with Crippen molar-refractivity contribution >= 4 is 0 Å². The lowest BCUT2D eigenvalue weighted by molar-refractivity contribution is -0.160. The van der Waals surface area contributed by atoms with Gasteiger partial charge in [-0.25, -0.2) is 0 Å². The van der Waals surface area contributed by atoms with Crippen molar-refractivity contribution in [1.82, 2.24) is 4.90 Å².